The van der Waals surface area contributed by atoms with E-state index >= 15 is 0 Å². The number of hydrogen-bond acceptors (Lipinski definition) is 6. The van der Waals surface area contributed by atoms with Crippen LogP contribution in [0.4, 0.5) is 5.82 Å². The normalized spacial score (nSPS) is 15.2. The number of halogens is 1. The van der Waals surface area contributed by atoms with Gasteiger partial charge in [-0.05, 0) is 60.7 Å². The van der Waals surface area contributed by atoms with Crippen molar-refractivity contribution in [3.63, 3.8) is 0 Å². The molecule has 0 radical (unpaired) electrons. The maximum absolute atomic E-state index is 12.8. The van der Waals surface area contributed by atoms with Crippen molar-refractivity contribution < 1.29 is 13.2 Å². The van der Waals surface area contributed by atoms with Crippen LogP contribution < -0.4 is 9.64 Å². The number of anilines is 1. The SMILES string of the molecule is COc1ccc(-c2ccc(N3CCN(S(=O)(=O)c4ccc(Br)cc4)CC3)nn2)cc1. The van der Waals surface area contributed by atoms with E-state index in [0.29, 0.717) is 31.1 Å². The lowest BCUT2D eigenvalue weighted by Gasteiger charge is -2.34. The first-order valence-electron chi connectivity index (χ1n) is 9.46. The van der Waals surface area contributed by atoms with Gasteiger partial charge in [-0.1, -0.05) is 15.9 Å². The summed E-state index contributed by atoms with van der Waals surface area (Å²) in [6.07, 6.45) is 0. The van der Waals surface area contributed by atoms with E-state index < -0.39 is 10.0 Å². The van der Waals surface area contributed by atoms with Gasteiger partial charge in [0, 0.05) is 36.2 Å². The Labute approximate surface area is 184 Å². The van der Waals surface area contributed by atoms with E-state index in [2.05, 4.69) is 31.0 Å². The van der Waals surface area contributed by atoms with Gasteiger partial charge in [-0.15, -0.1) is 10.2 Å². The summed E-state index contributed by atoms with van der Waals surface area (Å²) in [5.74, 6) is 1.53. The second-order valence-electron chi connectivity index (χ2n) is 6.85. The Bertz CT molecular complexity index is 1100. The van der Waals surface area contributed by atoms with Gasteiger partial charge in [-0.3, -0.25) is 0 Å². The van der Waals surface area contributed by atoms with Gasteiger partial charge in [0.25, 0.3) is 0 Å². The van der Waals surface area contributed by atoms with Crippen molar-refractivity contribution in [3.8, 4) is 17.0 Å². The number of rotatable bonds is 5. The molecule has 1 fully saturated rings. The molecule has 1 aliphatic heterocycles. The molecule has 0 bridgehead atoms. The lowest BCUT2D eigenvalue weighted by Crippen LogP contribution is -2.48. The minimum Gasteiger partial charge on any atom is -0.497 e. The summed E-state index contributed by atoms with van der Waals surface area (Å²) < 4.78 is 33.2. The third kappa shape index (κ3) is 4.33. The first-order valence-corrected chi connectivity index (χ1v) is 11.7. The Hall–Kier alpha value is -2.49. The lowest BCUT2D eigenvalue weighted by atomic mass is 10.1. The van der Waals surface area contributed by atoms with Crippen LogP contribution in [-0.2, 0) is 10.0 Å². The predicted octanol–water partition coefficient (Wildman–Crippen LogP) is 3.43. The molecule has 0 spiro atoms. The van der Waals surface area contributed by atoms with Crippen LogP contribution in [0, 0.1) is 0 Å². The number of piperazine rings is 1. The molecule has 1 saturated heterocycles. The monoisotopic (exact) mass is 488 g/mol. The number of nitrogens with zero attached hydrogens (tertiary/aromatic N) is 4. The minimum absolute atomic E-state index is 0.308. The lowest BCUT2D eigenvalue weighted by molar-refractivity contribution is 0.383. The van der Waals surface area contributed by atoms with Crippen LogP contribution in [-0.4, -0.2) is 56.2 Å². The number of benzene rings is 2. The molecule has 0 unspecified atom stereocenters. The zero-order valence-electron chi connectivity index (χ0n) is 16.4. The quantitative estimate of drug-likeness (QED) is 0.547. The molecule has 2 aromatic carbocycles. The molecule has 0 N–H and O–H groups in total. The Morgan fingerprint density at radius 2 is 1.53 bits per heavy atom. The van der Waals surface area contributed by atoms with Crippen molar-refractivity contribution in [1.29, 1.82) is 0 Å². The van der Waals surface area contributed by atoms with Gasteiger partial charge in [-0.25, -0.2) is 8.42 Å². The third-order valence-electron chi connectivity index (χ3n) is 5.05. The Balaban J connectivity index is 1.42. The van der Waals surface area contributed by atoms with E-state index in [1.807, 2.05) is 36.4 Å². The van der Waals surface area contributed by atoms with E-state index in [-0.39, 0.29) is 0 Å². The van der Waals surface area contributed by atoms with Crippen LogP contribution in [0.15, 0.2) is 70.0 Å². The van der Waals surface area contributed by atoms with Crippen molar-refractivity contribution in [3.05, 3.63) is 65.1 Å². The molecule has 0 atom stereocenters. The van der Waals surface area contributed by atoms with Crippen LogP contribution in [0.5, 0.6) is 5.75 Å². The van der Waals surface area contributed by atoms with Gasteiger partial charge in [0.1, 0.15) is 5.75 Å². The first-order chi connectivity index (χ1) is 14.5. The minimum atomic E-state index is -3.49. The molecule has 3 aromatic rings. The second kappa shape index (κ2) is 8.71. The molecule has 0 amide bonds. The van der Waals surface area contributed by atoms with E-state index in [0.717, 1.165) is 27.3 Å². The highest BCUT2D eigenvalue weighted by Crippen LogP contribution is 2.24. The summed E-state index contributed by atoms with van der Waals surface area (Å²) >= 11 is 3.33. The molecule has 0 saturated carbocycles. The smallest absolute Gasteiger partial charge is 0.243 e. The fraction of sp³-hybridized carbons (Fsp3) is 0.238. The second-order valence-corrected chi connectivity index (χ2v) is 9.70. The molecule has 1 aromatic heterocycles. The van der Waals surface area contributed by atoms with Crippen LogP contribution in [0.1, 0.15) is 0 Å². The highest BCUT2D eigenvalue weighted by Gasteiger charge is 2.29. The molecule has 4 rings (SSSR count). The van der Waals surface area contributed by atoms with Crippen molar-refractivity contribution in [2.45, 2.75) is 4.90 Å². The summed E-state index contributed by atoms with van der Waals surface area (Å²) in [6, 6.07) is 18.2. The Kier molecular flexibility index (Phi) is 6.03. The zero-order chi connectivity index (χ0) is 21.1. The van der Waals surface area contributed by atoms with Crippen LogP contribution in [0.2, 0.25) is 0 Å². The summed E-state index contributed by atoms with van der Waals surface area (Å²) in [6.45, 7) is 1.93. The highest BCUT2D eigenvalue weighted by atomic mass is 79.9. The molecule has 156 valence electrons. The molecule has 30 heavy (non-hydrogen) atoms. The standard InChI is InChI=1S/C21H21BrN4O3S/c1-29-18-6-2-16(3-7-18)20-10-11-21(24-23-20)25-12-14-26(15-13-25)30(27,28)19-8-4-17(22)5-9-19/h2-11H,12-15H2,1H3. The summed E-state index contributed by atoms with van der Waals surface area (Å²) in [4.78, 5) is 2.36. The Morgan fingerprint density at radius 1 is 0.867 bits per heavy atom. The molecular weight excluding hydrogens is 468 g/mol. The average molecular weight is 489 g/mol. The molecule has 1 aliphatic rings. The van der Waals surface area contributed by atoms with Gasteiger partial charge in [0.15, 0.2) is 5.82 Å². The maximum Gasteiger partial charge on any atom is 0.243 e. The molecule has 9 heteroatoms. The predicted molar refractivity (Wildman–Crippen MR) is 119 cm³/mol. The molecule has 2 heterocycles. The van der Waals surface area contributed by atoms with Gasteiger partial charge in [0.2, 0.25) is 10.0 Å². The summed E-state index contributed by atoms with van der Waals surface area (Å²) in [5, 5.41) is 8.68. The highest BCUT2D eigenvalue weighted by molar-refractivity contribution is 9.10. The van der Waals surface area contributed by atoms with Crippen LogP contribution in [0.3, 0.4) is 0 Å². The van der Waals surface area contributed by atoms with E-state index in [1.165, 1.54) is 4.31 Å². The number of aromatic nitrogens is 2. The van der Waals surface area contributed by atoms with Crippen molar-refractivity contribution in [2.75, 3.05) is 38.2 Å². The van der Waals surface area contributed by atoms with E-state index in [9.17, 15) is 8.42 Å². The van der Waals surface area contributed by atoms with Gasteiger partial charge >= 0.3 is 0 Å². The largest absolute Gasteiger partial charge is 0.497 e. The van der Waals surface area contributed by atoms with Gasteiger partial charge in [-0.2, -0.15) is 4.31 Å². The van der Waals surface area contributed by atoms with E-state index in [1.54, 1.807) is 31.4 Å². The van der Waals surface area contributed by atoms with Crippen molar-refractivity contribution in [2.24, 2.45) is 0 Å². The average Bonchev–Trinajstić information content (AvgIpc) is 2.80. The molecule has 7 nitrogen and oxygen atoms in total. The van der Waals surface area contributed by atoms with Gasteiger partial charge in [0.05, 0.1) is 17.7 Å². The number of hydrogen-bond donors (Lipinski definition) is 0. The molecular formula is C21H21BrN4O3S. The molecule has 0 aliphatic carbocycles. The van der Waals surface area contributed by atoms with Crippen LogP contribution in [0.25, 0.3) is 11.3 Å². The van der Waals surface area contributed by atoms with Crippen LogP contribution >= 0.6 is 15.9 Å². The fourth-order valence-corrected chi connectivity index (χ4v) is 5.01. The maximum atomic E-state index is 12.8. The first kappa shape index (κ1) is 20.8. The Morgan fingerprint density at radius 3 is 2.10 bits per heavy atom. The topological polar surface area (TPSA) is 75.6 Å². The van der Waals surface area contributed by atoms with E-state index in [4.69, 9.17) is 4.74 Å². The number of ether oxygens (including phenoxy) is 1. The fourth-order valence-electron chi connectivity index (χ4n) is 3.32. The van der Waals surface area contributed by atoms with Crippen molar-refractivity contribution >= 4 is 31.8 Å². The third-order valence-corrected chi connectivity index (χ3v) is 7.49. The number of methoxy groups -OCH3 is 1. The summed E-state index contributed by atoms with van der Waals surface area (Å²) in [7, 11) is -1.86. The van der Waals surface area contributed by atoms with Crippen molar-refractivity contribution in [1.82, 2.24) is 14.5 Å². The zero-order valence-corrected chi connectivity index (χ0v) is 18.8. The summed E-state index contributed by atoms with van der Waals surface area (Å²) in [5.41, 5.74) is 1.73. The number of sulfonamides is 1. The van der Waals surface area contributed by atoms with Gasteiger partial charge < -0.3 is 9.64 Å².